The van der Waals surface area contributed by atoms with Crippen molar-refractivity contribution in [3.05, 3.63) is 41.7 Å². The van der Waals surface area contributed by atoms with Gasteiger partial charge in [0.05, 0.1) is 32.7 Å². The molecule has 102 valence electrons. The lowest BCUT2D eigenvalue weighted by atomic mass is 10.2. The summed E-state index contributed by atoms with van der Waals surface area (Å²) in [6, 6.07) is 6.12. The van der Waals surface area contributed by atoms with Crippen molar-refractivity contribution in [3.63, 3.8) is 0 Å². The van der Waals surface area contributed by atoms with Crippen LogP contribution in [-0.2, 0) is 4.79 Å². The van der Waals surface area contributed by atoms with E-state index in [1.54, 1.807) is 29.2 Å². The highest BCUT2D eigenvalue weighted by Gasteiger charge is 2.20. The van der Waals surface area contributed by atoms with Gasteiger partial charge in [0.25, 0.3) is 0 Å². The van der Waals surface area contributed by atoms with Crippen LogP contribution in [0.3, 0.4) is 0 Å². The zero-order valence-electron chi connectivity index (χ0n) is 11.2. The highest BCUT2D eigenvalue weighted by molar-refractivity contribution is 5.91. The van der Waals surface area contributed by atoms with Crippen LogP contribution in [0, 0.1) is 5.82 Å². The van der Waals surface area contributed by atoms with Gasteiger partial charge in [-0.05, 0) is 30.7 Å². The Bertz CT molecular complexity index is 448. The lowest BCUT2D eigenvalue weighted by molar-refractivity contribution is -0.902. The molecule has 19 heavy (non-hydrogen) atoms. The Hall–Kier alpha value is -1.68. The van der Waals surface area contributed by atoms with Gasteiger partial charge in [-0.3, -0.25) is 4.79 Å². The third kappa shape index (κ3) is 3.89. The SMILES string of the molecule is CC[NH+]1CCN(C(=O)/C=C/c2ccc(F)cc2)CC1. The number of hydrogen-bond donors (Lipinski definition) is 1. The fraction of sp³-hybridized carbons (Fsp3) is 0.400. The first kappa shape index (κ1) is 13.7. The van der Waals surface area contributed by atoms with Gasteiger partial charge in [-0.25, -0.2) is 4.39 Å². The summed E-state index contributed by atoms with van der Waals surface area (Å²) in [7, 11) is 0. The summed E-state index contributed by atoms with van der Waals surface area (Å²) in [6.45, 7) is 6.96. The molecule has 0 bridgehead atoms. The minimum atomic E-state index is -0.262. The van der Waals surface area contributed by atoms with Gasteiger partial charge in [-0.1, -0.05) is 12.1 Å². The maximum Gasteiger partial charge on any atom is 0.246 e. The Balaban J connectivity index is 1.89. The zero-order valence-corrected chi connectivity index (χ0v) is 11.2. The van der Waals surface area contributed by atoms with Crippen molar-refractivity contribution in [2.24, 2.45) is 0 Å². The molecule has 1 aliphatic rings. The number of carbonyl (C=O) groups excluding carboxylic acids is 1. The van der Waals surface area contributed by atoms with E-state index in [9.17, 15) is 9.18 Å². The molecule has 1 saturated heterocycles. The molecule has 1 amide bonds. The standard InChI is InChI=1S/C15H19FN2O/c1-2-17-9-11-18(12-10-17)15(19)8-5-13-3-6-14(16)7-4-13/h3-8H,2,9-12H2,1H3/p+1/b8-5+. The Morgan fingerprint density at radius 3 is 2.53 bits per heavy atom. The summed E-state index contributed by atoms with van der Waals surface area (Å²) in [6.07, 6.45) is 3.31. The lowest BCUT2D eigenvalue weighted by Gasteiger charge is -2.30. The number of rotatable bonds is 3. The molecule has 0 radical (unpaired) electrons. The molecule has 0 spiro atoms. The maximum absolute atomic E-state index is 12.7. The first-order valence-corrected chi connectivity index (χ1v) is 6.75. The van der Waals surface area contributed by atoms with E-state index >= 15 is 0 Å². The highest BCUT2D eigenvalue weighted by atomic mass is 19.1. The van der Waals surface area contributed by atoms with Crippen molar-refractivity contribution in [3.8, 4) is 0 Å². The predicted molar refractivity (Wildman–Crippen MR) is 73.3 cm³/mol. The van der Waals surface area contributed by atoms with E-state index < -0.39 is 0 Å². The number of benzene rings is 1. The second kappa shape index (κ2) is 6.48. The van der Waals surface area contributed by atoms with Gasteiger partial charge in [0.1, 0.15) is 5.82 Å². The number of carbonyl (C=O) groups is 1. The van der Waals surface area contributed by atoms with Crippen molar-refractivity contribution < 1.29 is 14.1 Å². The summed E-state index contributed by atoms with van der Waals surface area (Å²) >= 11 is 0. The van der Waals surface area contributed by atoms with Crippen LogP contribution in [0.25, 0.3) is 6.08 Å². The number of piperazine rings is 1. The summed E-state index contributed by atoms with van der Waals surface area (Å²) in [5.41, 5.74) is 0.840. The van der Waals surface area contributed by atoms with Crippen molar-refractivity contribution in [1.29, 1.82) is 0 Å². The zero-order chi connectivity index (χ0) is 13.7. The van der Waals surface area contributed by atoms with Gasteiger partial charge in [-0.2, -0.15) is 0 Å². The Kier molecular flexibility index (Phi) is 4.68. The summed E-state index contributed by atoms with van der Waals surface area (Å²) in [4.78, 5) is 15.4. The second-order valence-electron chi connectivity index (χ2n) is 4.81. The molecule has 0 aliphatic carbocycles. The quantitative estimate of drug-likeness (QED) is 0.793. The van der Waals surface area contributed by atoms with Gasteiger partial charge in [0.15, 0.2) is 0 Å². The van der Waals surface area contributed by atoms with Crippen molar-refractivity contribution in [1.82, 2.24) is 4.90 Å². The van der Waals surface area contributed by atoms with Crippen LogP contribution in [0.1, 0.15) is 12.5 Å². The molecule has 1 N–H and O–H groups in total. The molecule has 1 heterocycles. The van der Waals surface area contributed by atoms with E-state index in [0.717, 1.165) is 38.3 Å². The topological polar surface area (TPSA) is 24.8 Å². The van der Waals surface area contributed by atoms with Crippen LogP contribution in [0.5, 0.6) is 0 Å². The average molecular weight is 263 g/mol. The molecular weight excluding hydrogens is 243 g/mol. The van der Waals surface area contributed by atoms with Crippen molar-refractivity contribution >= 4 is 12.0 Å². The van der Waals surface area contributed by atoms with Gasteiger partial charge < -0.3 is 9.80 Å². The number of quaternary nitrogens is 1. The first-order chi connectivity index (χ1) is 9.19. The number of nitrogens with zero attached hydrogens (tertiary/aromatic N) is 1. The molecular formula is C15H20FN2O+. The fourth-order valence-corrected chi connectivity index (χ4v) is 2.24. The smallest absolute Gasteiger partial charge is 0.246 e. The van der Waals surface area contributed by atoms with E-state index in [0.29, 0.717) is 0 Å². The minimum Gasteiger partial charge on any atom is -0.332 e. The molecule has 0 unspecified atom stereocenters. The molecule has 2 rings (SSSR count). The number of hydrogen-bond acceptors (Lipinski definition) is 1. The molecule has 0 atom stereocenters. The summed E-state index contributed by atoms with van der Waals surface area (Å²) in [5.74, 6) is -0.221. The number of amides is 1. The summed E-state index contributed by atoms with van der Waals surface area (Å²) < 4.78 is 12.7. The lowest BCUT2D eigenvalue weighted by Crippen LogP contribution is -3.14. The molecule has 1 fully saturated rings. The van der Waals surface area contributed by atoms with E-state index in [1.165, 1.54) is 12.1 Å². The van der Waals surface area contributed by atoms with Gasteiger partial charge in [0, 0.05) is 6.08 Å². The minimum absolute atomic E-state index is 0.0412. The molecule has 1 aromatic rings. The third-order valence-corrected chi connectivity index (χ3v) is 3.57. The molecule has 1 aromatic carbocycles. The highest BCUT2D eigenvalue weighted by Crippen LogP contribution is 2.05. The van der Waals surface area contributed by atoms with E-state index in [-0.39, 0.29) is 11.7 Å². The Labute approximate surface area is 113 Å². The predicted octanol–water partition coefficient (Wildman–Crippen LogP) is 0.586. The van der Waals surface area contributed by atoms with Crippen molar-refractivity contribution in [2.75, 3.05) is 32.7 Å². The molecule has 0 aromatic heterocycles. The van der Waals surface area contributed by atoms with Gasteiger partial charge in [0.2, 0.25) is 5.91 Å². The maximum atomic E-state index is 12.7. The van der Waals surface area contributed by atoms with Crippen LogP contribution in [0.2, 0.25) is 0 Å². The fourth-order valence-electron chi connectivity index (χ4n) is 2.24. The van der Waals surface area contributed by atoms with E-state index in [1.807, 2.05) is 4.90 Å². The van der Waals surface area contributed by atoms with Crippen molar-refractivity contribution in [2.45, 2.75) is 6.92 Å². The van der Waals surface area contributed by atoms with Crippen LogP contribution >= 0.6 is 0 Å². The number of halogens is 1. The largest absolute Gasteiger partial charge is 0.332 e. The molecule has 1 aliphatic heterocycles. The van der Waals surface area contributed by atoms with Crippen LogP contribution in [0.4, 0.5) is 4.39 Å². The van der Waals surface area contributed by atoms with Crippen LogP contribution in [-0.4, -0.2) is 43.5 Å². The monoisotopic (exact) mass is 263 g/mol. The van der Waals surface area contributed by atoms with Gasteiger partial charge >= 0.3 is 0 Å². The Morgan fingerprint density at radius 2 is 1.95 bits per heavy atom. The summed E-state index contributed by atoms with van der Waals surface area (Å²) in [5, 5.41) is 0. The second-order valence-corrected chi connectivity index (χ2v) is 4.81. The Morgan fingerprint density at radius 1 is 1.32 bits per heavy atom. The molecule has 4 heteroatoms. The number of likely N-dealkylation sites (N-methyl/N-ethyl adjacent to an activating group) is 1. The average Bonchev–Trinajstić information content (AvgIpc) is 2.46. The van der Waals surface area contributed by atoms with E-state index in [2.05, 4.69) is 6.92 Å². The van der Waals surface area contributed by atoms with Crippen LogP contribution in [0.15, 0.2) is 30.3 Å². The molecule has 3 nitrogen and oxygen atoms in total. The van der Waals surface area contributed by atoms with E-state index in [4.69, 9.17) is 0 Å². The molecule has 0 saturated carbocycles. The first-order valence-electron chi connectivity index (χ1n) is 6.75. The van der Waals surface area contributed by atoms with Crippen LogP contribution < -0.4 is 4.90 Å². The number of nitrogens with one attached hydrogen (secondary N) is 1. The van der Waals surface area contributed by atoms with Gasteiger partial charge in [-0.15, -0.1) is 0 Å². The third-order valence-electron chi connectivity index (χ3n) is 3.57. The normalized spacial score (nSPS) is 17.1.